The summed E-state index contributed by atoms with van der Waals surface area (Å²) in [5.74, 6) is -0.123. The minimum Gasteiger partial charge on any atom is -0.320 e. The Labute approximate surface area is 117 Å². The van der Waals surface area contributed by atoms with E-state index in [0.717, 1.165) is 10.0 Å². The van der Waals surface area contributed by atoms with Crippen LogP contribution in [0.25, 0.3) is 0 Å². The molecule has 0 aliphatic rings. The number of aryl methyl sites for hydroxylation is 1. The van der Waals surface area contributed by atoms with Gasteiger partial charge in [-0.15, -0.1) is 11.3 Å². The Bertz CT molecular complexity index is 567. The molecule has 1 amide bonds. The van der Waals surface area contributed by atoms with E-state index >= 15 is 0 Å². The van der Waals surface area contributed by atoms with Crippen molar-refractivity contribution in [2.75, 3.05) is 5.32 Å². The summed E-state index contributed by atoms with van der Waals surface area (Å²) in [6.07, 6.45) is 0. The summed E-state index contributed by atoms with van der Waals surface area (Å²) < 4.78 is 0.882. The fourth-order valence-corrected chi connectivity index (χ4v) is 2.92. The van der Waals surface area contributed by atoms with Gasteiger partial charge in [0.1, 0.15) is 0 Å². The van der Waals surface area contributed by atoms with E-state index in [1.807, 2.05) is 24.4 Å². The van der Waals surface area contributed by atoms with Crippen molar-refractivity contribution < 1.29 is 4.79 Å². The van der Waals surface area contributed by atoms with Crippen LogP contribution in [0, 0.1) is 6.92 Å². The minimum atomic E-state index is -0.123. The first-order valence-electron chi connectivity index (χ1n) is 4.88. The third kappa shape index (κ3) is 2.89. The Hall–Kier alpha value is -0.840. The zero-order valence-electron chi connectivity index (χ0n) is 8.96. The molecule has 0 radical (unpaired) electrons. The standard InChI is InChI=1S/C12H9BrClNOS/c1-7-4-5-17-11(7)12(16)15-10-3-2-8(13)6-9(10)14/h2-6H,1H3,(H,15,16). The number of thiophene rings is 1. The van der Waals surface area contributed by atoms with E-state index in [1.54, 1.807) is 12.1 Å². The highest BCUT2D eigenvalue weighted by molar-refractivity contribution is 9.10. The van der Waals surface area contributed by atoms with Crippen molar-refractivity contribution in [2.45, 2.75) is 6.92 Å². The van der Waals surface area contributed by atoms with E-state index in [9.17, 15) is 4.79 Å². The lowest BCUT2D eigenvalue weighted by Crippen LogP contribution is -2.11. The second-order valence-electron chi connectivity index (χ2n) is 3.51. The molecular formula is C12H9BrClNOS. The summed E-state index contributed by atoms with van der Waals surface area (Å²) in [6, 6.07) is 7.28. The highest BCUT2D eigenvalue weighted by Gasteiger charge is 2.12. The van der Waals surface area contributed by atoms with E-state index in [4.69, 9.17) is 11.6 Å². The Balaban J connectivity index is 2.22. The molecule has 1 heterocycles. The molecule has 1 N–H and O–H groups in total. The molecule has 0 bridgehead atoms. The number of nitrogens with one attached hydrogen (secondary N) is 1. The van der Waals surface area contributed by atoms with Crippen LogP contribution in [-0.2, 0) is 0 Å². The number of hydrogen-bond acceptors (Lipinski definition) is 2. The van der Waals surface area contributed by atoms with Gasteiger partial charge in [0.25, 0.3) is 5.91 Å². The first kappa shape index (κ1) is 12.6. The van der Waals surface area contributed by atoms with E-state index in [-0.39, 0.29) is 5.91 Å². The molecule has 0 aliphatic carbocycles. The van der Waals surface area contributed by atoms with Crippen molar-refractivity contribution in [3.8, 4) is 0 Å². The third-order valence-corrected chi connectivity index (χ3v) is 4.07. The maximum Gasteiger partial charge on any atom is 0.266 e. The number of rotatable bonds is 2. The maximum absolute atomic E-state index is 12.0. The molecule has 0 fully saturated rings. The second kappa shape index (κ2) is 5.21. The van der Waals surface area contributed by atoms with Crippen LogP contribution in [0.5, 0.6) is 0 Å². The van der Waals surface area contributed by atoms with E-state index in [0.29, 0.717) is 15.6 Å². The minimum absolute atomic E-state index is 0.123. The smallest absolute Gasteiger partial charge is 0.266 e. The van der Waals surface area contributed by atoms with Gasteiger partial charge in [0.05, 0.1) is 15.6 Å². The van der Waals surface area contributed by atoms with E-state index < -0.39 is 0 Å². The summed E-state index contributed by atoms with van der Waals surface area (Å²) in [6.45, 7) is 1.91. The van der Waals surface area contributed by atoms with Crippen molar-refractivity contribution in [2.24, 2.45) is 0 Å². The van der Waals surface area contributed by atoms with Gasteiger partial charge < -0.3 is 5.32 Å². The van der Waals surface area contributed by atoms with Gasteiger partial charge in [-0.1, -0.05) is 27.5 Å². The number of benzene rings is 1. The fraction of sp³-hybridized carbons (Fsp3) is 0.0833. The van der Waals surface area contributed by atoms with Gasteiger partial charge in [-0.3, -0.25) is 4.79 Å². The van der Waals surface area contributed by atoms with Crippen molar-refractivity contribution in [1.82, 2.24) is 0 Å². The quantitative estimate of drug-likeness (QED) is 0.847. The predicted molar refractivity (Wildman–Crippen MR) is 76.2 cm³/mol. The first-order valence-corrected chi connectivity index (χ1v) is 6.93. The molecular weight excluding hydrogens is 322 g/mol. The summed E-state index contributed by atoms with van der Waals surface area (Å²) in [7, 11) is 0. The predicted octanol–water partition coefficient (Wildman–Crippen LogP) is 4.72. The SMILES string of the molecule is Cc1ccsc1C(=O)Nc1ccc(Br)cc1Cl. The van der Waals surface area contributed by atoms with Crippen LogP contribution in [0.3, 0.4) is 0 Å². The average molecular weight is 331 g/mol. The fourth-order valence-electron chi connectivity index (χ4n) is 1.38. The molecule has 2 nitrogen and oxygen atoms in total. The first-order chi connectivity index (χ1) is 8.08. The number of amides is 1. The maximum atomic E-state index is 12.0. The third-order valence-electron chi connectivity index (χ3n) is 2.25. The molecule has 17 heavy (non-hydrogen) atoms. The molecule has 1 aromatic carbocycles. The zero-order valence-corrected chi connectivity index (χ0v) is 12.1. The molecule has 0 saturated heterocycles. The normalized spacial score (nSPS) is 10.3. The van der Waals surface area contributed by atoms with E-state index in [1.165, 1.54) is 11.3 Å². The van der Waals surface area contributed by atoms with Crippen LogP contribution >= 0.6 is 38.9 Å². The van der Waals surface area contributed by atoms with E-state index in [2.05, 4.69) is 21.2 Å². The van der Waals surface area contributed by atoms with Gasteiger partial charge in [-0.05, 0) is 42.1 Å². The lowest BCUT2D eigenvalue weighted by atomic mass is 10.2. The lowest BCUT2D eigenvalue weighted by molar-refractivity contribution is 0.103. The molecule has 0 unspecified atom stereocenters. The highest BCUT2D eigenvalue weighted by Crippen LogP contribution is 2.27. The average Bonchev–Trinajstić information content (AvgIpc) is 2.68. The molecule has 2 aromatic rings. The van der Waals surface area contributed by atoms with Crippen LogP contribution in [0.15, 0.2) is 34.1 Å². The van der Waals surface area contributed by atoms with Gasteiger partial charge in [-0.25, -0.2) is 0 Å². The lowest BCUT2D eigenvalue weighted by Gasteiger charge is -2.06. The Morgan fingerprint density at radius 1 is 1.41 bits per heavy atom. The zero-order chi connectivity index (χ0) is 12.4. The molecule has 1 aromatic heterocycles. The number of hydrogen-bond donors (Lipinski definition) is 1. The van der Waals surface area contributed by atoms with Crippen LogP contribution in [0.2, 0.25) is 5.02 Å². The van der Waals surface area contributed by atoms with Crippen LogP contribution in [0.1, 0.15) is 15.2 Å². The molecule has 5 heteroatoms. The Kier molecular flexibility index (Phi) is 3.86. The topological polar surface area (TPSA) is 29.1 Å². The molecule has 2 rings (SSSR count). The van der Waals surface area contributed by atoms with Gasteiger partial charge in [0.2, 0.25) is 0 Å². The van der Waals surface area contributed by atoms with Gasteiger partial charge in [-0.2, -0.15) is 0 Å². The number of halogens is 2. The van der Waals surface area contributed by atoms with Crippen LogP contribution in [0.4, 0.5) is 5.69 Å². The van der Waals surface area contributed by atoms with Gasteiger partial charge >= 0.3 is 0 Å². The van der Waals surface area contributed by atoms with Crippen molar-refractivity contribution in [3.05, 3.63) is 49.6 Å². The highest BCUT2D eigenvalue weighted by atomic mass is 79.9. The largest absolute Gasteiger partial charge is 0.320 e. The van der Waals surface area contributed by atoms with Crippen LogP contribution in [-0.4, -0.2) is 5.91 Å². The van der Waals surface area contributed by atoms with Gasteiger partial charge in [0, 0.05) is 4.47 Å². The molecule has 0 atom stereocenters. The molecule has 0 aliphatic heterocycles. The number of carbonyl (C=O) groups excluding carboxylic acids is 1. The summed E-state index contributed by atoms with van der Waals surface area (Å²) >= 11 is 10.8. The number of carbonyl (C=O) groups is 1. The summed E-state index contributed by atoms with van der Waals surface area (Å²) in [5.41, 5.74) is 1.59. The summed E-state index contributed by atoms with van der Waals surface area (Å²) in [4.78, 5) is 12.7. The monoisotopic (exact) mass is 329 g/mol. The Morgan fingerprint density at radius 3 is 2.76 bits per heavy atom. The molecule has 0 saturated carbocycles. The Morgan fingerprint density at radius 2 is 2.18 bits per heavy atom. The second-order valence-corrected chi connectivity index (χ2v) is 5.75. The van der Waals surface area contributed by atoms with Gasteiger partial charge in [0.15, 0.2) is 0 Å². The number of anilines is 1. The van der Waals surface area contributed by atoms with Crippen molar-refractivity contribution >= 4 is 50.5 Å². The van der Waals surface area contributed by atoms with Crippen molar-refractivity contribution in [3.63, 3.8) is 0 Å². The van der Waals surface area contributed by atoms with Crippen molar-refractivity contribution in [1.29, 1.82) is 0 Å². The summed E-state index contributed by atoms with van der Waals surface area (Å²) in [5, 5.41) is 5.21. The molecule has 0 spiro atoms. The molecule has 88 valence electrons. The van der Waals surface area contributed by atoms with Crippen LogP contribution < -0.4 is 5.32 Å².